The minimum Gasteiger partial charge on any atom is -0.381 e. The summed E-state index contributed by atoms with van der Waals surface area (Å²) in [7, 11) is 2.19. The Morgan fingerprint density at radius 3 is 2.50 bits per heavy atom. The van der Waals surface area contributed by atoms with E-state index >= 15 is 0 Å². The quantitative estimate of drug-likeness (QED) is 0.752. The van der Waals surface area contributed by atoms with Crippen LogP contribution in [0.3, 0.4) is 0 Å². The third kappa shape index (κ3) is 5.83. The molecule has 3 heteroatoms. The van der Waals surface area contributed by atoms with Crippen molar-refractivity contribution in [3.63, 3.8) is 0 Å². The number of hydrogen-bond acceptors (Lipinski definition) is 3. The van der Waals surface area contributed by atoms with Gasteiger partial charge in [0.2, 0.25) is 0 Å². The maximum Gasteiger partial charge on any atom is 0.0469 e. The molecule has 1 aliphatic rings. The molecule has 0 saturated carbocycles. The first kappa shape index (κ1) is 13.9. The minimum absolute atomic E-state index is 0.324. The molecule has 1 saturated heterocycles. The Morgan fingerprint density at radius 1 is 1.31 bits per heavy atom. The highest BCUT2D eigenvalue weighted by Crippen LogP contribution is 2.15. The molecule has 1 atom stereocenters. The van der Waals surface area contributed by atoms with E-state index in [1.54, 1.807) is 0 Å². The van der Waals surface area contributed by atoms with Gasteiger partial charge < -0.3 is 15.4 Å². The van der Waals surface area contributed by atoms with Crippen molar-refractivity contribution in [2.24, 2.45) is 17.6 Å². The fourth-order valence-corrected chi connectivity index (χ4v) is 2.52. The molecule has 1 fully saturated rings. The Morgan fingerprint density at radius 2 is 1.94 bits per heavy atom. The van der Waals surface area contributed by atoms with Gasteiger partial charge in [0, 0.05) is 32.3 Å². The summed E-state index contributed by atoms with van der Waals surface area (Å²) < 4.78 is 5.37. The smallest absolute Gasteiger partial charge is 0.0469 e. The lowest BCUT2D eigenvalue weighted by molar-refractivity contribution is 0.0549. The van der Waals surface area contributed by atoms with Gasteiger partial charge in [0.15, 0.2) is 0 Å². The molecular weight excluding hydrogens is 200 g/mol. The predicted octanol–water partition coefficient (Wildman–Crippen LogP) is 1.72. The van der Waals surface area contributed by atoms with E-state index in [-0.39, 0.29) is 0 Å². The zero-order valence-corrected chi connectivity index (χ0v) is 11.1. The second-order valence-electron chi connectivity index (χ2n) is 5.67. The lowest BCUT2D eigenvalue weighted by Crippen LogP contribution is -2.39. The lowest BCUT2D eigenvalue weighted by atomic mass is 9.99. The molecule has 0 aliphatic carbocycles. The van der Waals surface area contributed by atoms with Crippen molar-refractivity contribution >= 4 is 0 Å². The standard InChI is InChI=1S/C13H28N2O/c1-11(2)8-13(14)10-15(3)9-12-4-6-16-7-5-12/h11-13H,4-10,14H2,1-3H3. The van der Waals surface area contributed by atoms with Gasteiger partial charge in [-0.3, -0.25) is 0 Å². The number of ether oxygens (including phenoxy) is 1. The normalized spacial score (nSPS) is 20.6. The van der Waals surface area contributed by atoms with Crippen molar-refractivity contribution in [3.8, 4) is 0 Å². The van der Waals surface area contributed by atoms with E-state index in [1.807, 2.05) is 0 Å². The number of rotatable bonds is 6. The topological polar surface area (TPSA) is 38.5 Å². The Labute approximate surface area is 100 Å². The molecule has 1 heterocycles. The van der Waals surface area contributed by atoms with Crippen LogP contribution >= 0.6 is 0 Å². The Kier molecular flexibility index (Phi) is 6.32. The van der Waals surface area contributed by atoms with E-state index < -0.39 is 0 Å². The molecule has 0 spiro atoms. The van der Waals surface area contributed by atoms with Crippen LogP contribution in [0.15, 0.2) is 0 Å². The second-order valence-corrected chi connectivity index (χ2v) is 5.67. The van der Waals surface area contributed by atoms with Crippen LogP contribution in [0, 0.1) is 11.8 Å². The average molecular weight is 228 g/mol. The molecule has 0 amide bonds. The molecule has 2 N–H and O–H groups in total. The van der Waals surface area contributed by atoms with Crippen LogP contribution in [0.4, 0.5) is 0 Å². The second kappa shape index (κ2) is 7.25. The van der Waals surface area contributed by atoms with Crippen molar-refractivity contribution in [3.05, 3.63) is 0 Å². The monoisotopic (exact) mass is 228 g/mol. The molecule has 16 heavy (non-hydrogen) atoms. The summed E-state index contributed by atoms with van der Waals surface area (Å²) in [5, 5.41) is 0. The number of likely N-dealkylation sites (N-methyl/N-ethyl adjacent to an activating group) is 1. The van der Waals surface area contributed by atoms with Crippen LogP contribution in [0.25, 0.3) is 0 Å². The van der Waals surface area contributed by atoms with Crippen LogP contribution in [0.1, 0.15) is 33.1 Å². The largest absolute Gasteiger partial charge is 0.381 e. The van der Waals surface area contributed by atoms with E-state index in [0.717, 1.165) is 32.1 Å². The molecule has 0 radical (unpaired) electrons. The third-order valence-electron chi connectivity index (χ3n) is 3.23. The average Bonchev–Trinajstić information content (AvgIpc) is 2.17. The van der Waals surface area contributed by atoms with Crippen molar-refractivity contribution in [1.82, 2.24) is 4.90 Å². The molecule has 0 aromatic heterocycles. The summed E-state index contributed by atoms with van der Waals surface area (Å²) >= 11 is 0. The summed E-state index contributed by atoms with van der Waals surface area (Å²) in [4.78, 5) is 2.39. The van der Waals surface area contributed by atoms with Gasteiger partial charge in [-0.2, -0.15) is 0 Å². The molecule has 1 unspecified atom stereocenters. The van der Waals surface area contributed by atoms with Crippen molar-refractivity contribution < 1.29 is 4.74 Å². The molecule has 0 aromatic rings. The highest BCUT2D eigenvalue weighted by Gasteiger charge is 2.17. The zero-order valence-electron chi connectivity index (χ0n) is 11.1. The Hall–Kier alpha value is -0.120. The maximum absolute atomic E-state index is 6.11. The number of nitrogens with zero attached hydrogens (tertiary/aromatic N) is 1. The molecule has 0 bridgehead atoms. The summed E-state index contributed by atoms with van der Waals surface area (Å²) in [6.07, 6.45) is 3.55. The van der Waals surface area contributed by atoms with Crippen LogP contribution in [0.5, 0.6) is 0 Å². The van der Waals surface area contributed by atoms with E-state index in [1.165, 1.54) is 19.4 Å². The fourth-order valence-electron chi connectivity index (χ4n) is 2.52. The minimum atomic E-state index is 0.324. The Bertz CT molecular complexity index is 179. The van der Waals surface area contributed by atoms with Gasteiger partial charge in [0.05, 0.1) is 0 Å². The van der Waals surface area contributed by atoms with Crippen molar-refractivity contribution in [2.75, 3.05) is 33.4 Å². The molecule has 1 rings (SSSR count). The first-order valence-corrected chi connectivity index (χ1v) is 6.59. The predicted molar refractivity (Wildman–Crippen MR) is 68.5 cm³/mol. The van der Waals surface area contributed by atoms with E-state index in [9.17, 15) is 0 Å². The van der Waals surface area contributed by atoms with E-state index in [4.69, 9.17) is 10.5 Å². The van der Waals surface area contributed by atoms with Gasteiger partial charge in [0.1, 0.15) is 0 Å². The molecule has 3 nitrogen and oxygen atoms in total. The first-order chi connectivity index (χ1) is 7.58. The summed E-state index contributed by atoms with van der Waals surface area (Å²) in [5.74, 6) is 1.51. The Balaban J connectivity index is 2.15. The summed E-state index contributed by atoms with van der Waals surface area (Å²) in [6, 6.07) is 0.324. The van der Waals surface area contributed by atoms with Gasteiger partial charge >= 0.3 is 0 Å². The molecular formula is C13H28N2O. The highest BCUT2D eigenvalue weighted by molar-refractivity contribution is 4.72. The van der Waals surface area contributed by atoms with Gasteiger partial charge in [-0.1, -0.05) is 13.8 Å². The van der Waals surface area contributed by atoms with Crippen molar-refractivity contribution in [2.45, 2.75) is 39.2 Å². The first-order valence-electron chi connectivity index (χ1n) is 6.59. The van der Waals surface area contributed by atoms with E-state index in [0.29, 0.717) is 12.0 Å². The van der Waals surface area contributed by atoms with Gasteiger partial charge in [-0.25, -0.2) is 0 Å². The number of nitrogens with two attached hydrogens (primary N) is 1. The molecule has 96 valence electrons. The molecule has 1 aliphatic heterocycles. The van der Waals surface area contributed by atoms with Gasteiger partial charge in [-0.15, -0.1) is 0 Å². The summed E-state index contributed by atoms with van der Waals surface area (Å²) in [6.45, 7) is 8.55. The number of hydrogen-bond donors (Lipinski definition) is 1. The maximum atomic E-state index is 6.11. The molecule has 0 aromatic carbocycles. The third-order valence-corrected chi connectivity index (χ3v) is 3.23. The SMILES string of the molecule is CC(C)CC(N)CN(C)CC1CCOCC1. The van der Waals surface area contributed by atoms with Crippen LogP contribution in [0.2, 0.25) is 0 Å². The van der Waals surface area contributed by atoms with Crippen LogP contribution in [-0.2, 0) is 4.74 Å². The zero-order chi connectivity index (χ0) is 12.0. The van der Waals surface area contributed by atoms with Gasteiger partial charge in [0.25, 0.3) is 0 Å². The lowest BCUT2D eigenvalue weighted by Gasteiger charge is -2.29. The van der Waals surface area contributed by atoms with Crippen LogP contribution in [-0.4, -0.2) is 44.3 Å². The fraction of sp³-hybridized carbons (Fsp3) is 1.00. The van der Waals surface area contributed by atoms with Gasteiger partial charge in [-0.05, 0) is 38.1 Å². The highest BCUT2D eigenvalue weighted by atomic mass is 16.5. The summed E-state index contributed by atoms with van der Waals surface area (Å²) in [5.41, 5.74) is 6.11. The van der Waals surface area contributed by atoms with E-state index in [2.05, 4.69) is 25.8 Å². The van der Waals surface area contributed by atoms with Crippen LogP contribution < -0.4 is 5.73 Å². The van der Waals surface area contributed by atoms with Crippen molar-refractivity contribution in [1.29, 1.82) is 0 Å².